The summed E-state index contributed by atoms with van der Waals surface area (Å²) in [7, 11) is 0. The van der Waals surface area contributed by atoms with Crippen LogP contribution in [0.15, 0.2) is 68.7 Å². The second-order valence-corrected chi connectivity index (χ2v) is 9.22. The molecule has 0 spiro atoms. The van der Waals surface area contributed by atoms with E-state index in [9.17, 15) is 14.7 Å². The van der Waals surface area contributed by atoms with Gasteiger partial charge in [0.1, 0.15) is 18.1 Å². The number of rotatable bonds is 11. The zero-order valence-electron chi connectivity index (χ0n) is 22.6. The first-order valence-corrected chi connectivity index (χ1v) is 12.3. The van der Waals surface area contributed by atoms with Crippen LogP contribution in [0.25, 0.3) is 11.1 Å². The van der Waals surface area contributed by atoms with Crippen LogP contribution in [0.5, 0.6) is 11.5 Å². The smallest absolute Gasteiger partial charge is 0.493 e. The molecule has 0 amide bonds. The van der Waals surface area contributed by atoms with Gasteiger partial charge in [-0.15, -0.1) is 0 Å². The van der Waals surface area contributed by atoms with E-state index < -0.39 is 17.5 Å². The second-order valence-electron chi connectivity index (χ2n) is 9.22. The Hall–Kier alpha value is -3.08. The van der Waals surface area contributed by atoms with Gasteiger partial charge in [0.2, 0.25) is 0 Å². The maximum atomic E-state index is 11.6. The Morgan fingerprint density at radius 2 is 1.67 bits per heavy atom. The predicted molar refractivity (Wildman–Crippen MR) is 142 cm³/mol. The van der Waals surface area contributed by atoms with Crippen molar-refractivity contribution in [2.75, 3.05) is 13.2 Å². The molecule has 39 heavy (non-hydrogen) atoms. The maximum Gasteiger partial charge on any atom is 1.00 e. The number of aliphatic hydroxyl groups excluding tert-OH is 2. The number of aromatic nitrogens is 2. The van der Waals surface area contributed by atoms with Gasteiger partial charge in [-0.2, -0.15) is 0 Å². The predicted octanol–water partition coefficient (Wildman–Crippen LogP) is 0.104. The molecule has 1 heterocycles. The van der Waals surface area contributed by atoms with Crippen molar-refractivity contribution in [3.8, 4) is 22.6 Å². The van der Waals surface area contributed by atoms with Gasteiger partial charge in [0, 0.05) is 13.0 Å². The average molecular weight is 543 g/mol. The van der Waals surface area contributed by atoms with Crippen molar-refractivity contribution in [2.24, 2.45) is 0 Å². The summed E-state index contributed by atoms with van der Waals surface area (Å²) < 4.78 is 17.5. The molecule has 0 aliphatic heterocycles. The molecular formula is C29H31N2NaO7. The minimum absolute atomic E-state index is 0. The van der Waals surface area contributed by atoms with E-state index in [1.165, 1.54) is 0 Å². The van der Waals surface area contributed by atoms with E-state index in [-0.39, 0.29) is 42.7 Å². The largest absolute Gasteiger partial charge is 1.00 e. The van der Waals surface area contributed by atoms with E-state index in [1.54, 1.807) is 24.3 Å². The third-order valence-electron chi connectivity index (χ3n) is 6.38. The van der Waals surface area contributed by atoms with Gasteiger partial charge in [0.25, 0.3) is 0 Å². The second kappa shape index (κ2) is 13.8. The summed E-state index contributed by atoms with van der Waals surface area (Å²) in [6.07, 6.45) is -0.412. The average Bonchev–Trinajstić information content (AvgIpc) is 3.20. The molecule has 1 atom stereocenters. The summed E-state index contributed by atoms with van der Waals surface area (Å²) >= 11 is 0. The maximum absolute atomic E-state index is 11.6. The summed E-state index contributed by atoms with van der Waals surface area (Å²) in [5, 5.41) is 18.5. The summed E-state index contributed by atoms with van der Waals surface area (Å²) in [4.78, 5) is 25.9. The van der Waals surface area contributed by atoms with Crippen LogP contribution < -0.4 is 55.5 Å². The van der Waals surface area contributed by atoms with Crippen molar-refractivity contribution < 1.29 is 53.8 Å². The van der Waals surface area contributed by atoms with E-state index >= 15 is 0 Å². The van der Waals surface area contributed by atoms with Gasteiger partial charge in [-0.25, -0.2) is 4.79 Å². The third kappa shape index (κ3) is 7.74. The number of hydrogen-bond donors (Lipinski definition) is 2. The molecule has 0 radical (unpaired) electrons. The summed E-state index contributed by atoms with van der Waals surface area (Å²) in [5.41, 5.74) is 6.65. The van der Waals surface area contributed by atoms with Crippen molar-refractivity contribution in [1.29, 1.82) is 0 Å². The minimum Gasteiger partial charge on any atom is -0.493 e. The van der Waals surface area contributed by atoms with Crippen LogP contribution in [0, 0.1) is 20.8 Å². The van der Waals surface area contributed by atoms with E-state index in [0.29, 0.717) is 25.4 Å². The molecule has 0 aliphatic carbocycles. The van der Waals surface area contributed by atoms with Crippen LogP contribution in [0.4, 0.5) is 0 Å². The fourth-order valence-electron chi connectivity index (χ4n) is 4.35. The van der Waals surface area contributed by atoms with Crippen LogP contribution >= 0.6 is 0 Å². The Morgan fingerprint density at radius 1 is 0.974 bits per heavy atom. The first-order chi connectivity index (χ1) is 18.2. The fraction of sp³-hybridized carbons (Fsp3) is 0.310. The van der Waals surface area contributed by atoms with Crippen molar-refractivity contribution in [1.82, 2.24) is 9.72 Å². The van der Waals surface area contributed by atoms with Gasteiger partial charge in [-0.1, -0.05) is 30.3 Å². The Labute approximate surface area is 248 Å². The number of nitrogens with zero attached hydrogens (tertiary/aromatic N) is 2. The molecule has 0 aliphatic rings. The van der Waals surface area contributed by atoms with Gasteiger partial charge >= 0.3 is 35.3 Å². The zero-order valence-corrected chi connectivity index (χ0v) is 24.6. The molecule has 1 aromatic heterocycles. The number of hydrogen-bond acceptors (Lipinski definition) is 7. The first kappa shape index (κ1) is 30.5. The van der Waals surface area contributed by atoms with Crippen LogP contribution in [-0.4, -0.2) is 34.3 Å². The van der Waals surface area contributed by atoms with Crippen LogP contribution in [0.2, 0.25) is 0 Å². The van der Waals surface area contributed by atoms with E-state index in [4.69, 9.17) is 19.1 Å². The molecule has 0 fully saturated rings. The monoisotopic (exact) mass is 542 g/mol. The van der Waals surface area contributed by atoms with Gasteiger partial charge < -0.3 is 29.2 Å². The number of aliphatic hydroxyl groups is 2. The standard InChI is InChI=1S/C29H32N2O7.Na/c1-18-13-25(36-12-11-23(33)16-32)14-19(2)27(18)26-6-4-5-22(20(26)3)17-37-24-9-7-21(8-10-24)15-31-28(34)30-29(35)38-31;/h4-10,13-14,23,32-33H,11-12,15-17H2,1-3H3,(H,30,34,35);/q;+1/p-1/t23-;/m0./s1. The van der Waals surface area contributed by atoms with Crippen molar-refractivity contribution in [2.45, 2.75) is 46.4 Å². The molecule has 3 aromatic carbocycles. The topological polar surface area (TPSA) is 125 Å². The van der Waals surface area contributed by atoms with E-state index in [1.807, 2.05) is 38.1 Å². The Morgan fingerprint density at radius 3 is 2.28 bits per heavy atom. The zero-order chi connectivity index (χ0) is 27.2. The molecule has 2 N–H and O–H groups in total. The molecule has 0 saturated carbocycles. The minimum atomic E-state index is -0.905. The Bertz CT molecular complexity index is 1480. The van der Waals surface area contributed by atoms with Crippen LogP contribution in [0.3, 0.4) is 0 Å². The number of ether oxygens (including phenoxy) is 2. The Kier molecular flexibility index (Phi) is 10.8. The molecule has 4 aromatic rings. The molecule has 10 heteroatoms. The SMILES string of the molecule is Cc1cc(OCC[C@H](O)CO)cc(C)c1-c1cccc(COc2ccc(Cn3oc(=O)[n-]c3=O)cc2)c1C.[Na+]. The first-order valence-electron chi connectivity index (χ1n) is 12.3. The quantitative estimate of drug-likeness (QED) is 0.256. The Balaban J connectivity index is 0.00000420. The normalized spacial score (nSPS) is 11.6. The molecule has 4 rings (SSSR count). The molecule has 200 valence electrons. The molecule has 0 saturated heterocycles. The van der Waals surface area contributed by atoms with Gasteiger partial charge in [-0.3, -0.25) is 9.53 Å². The molecule has 0 unspecified atom stereocenters. The van der Waals surface area contributed by atoms with Gasteiger partial charge in [-0.05, 0) is 84.0 Å². The van der Waals surface area contributed by atoms with Gasteiger partial charge in [0.05, 0.1) is 19.3 Å². The fourth-order valence-corrected chi connectivity index (χ4v) is 4.35. The molecule has 9 nitrogen and oxygen atoms in total. The number of benzene rings is 3. The third-order valence-corrected chi connectivity index (χ3v) is 6.38. The van der Waals surface area contributed by atoms with Crippen molar-refractivity contribution >= 4 is 0 Å². The van der Waals surface area contributed by atoms with Crippen molar-refractivity contribution in [3.63, 3.8) is 0 Å². The number of aryl methyl sites for hydroxylation is 2. The van der Waals surface area contributed by atoms with E-state index in [0.717, 1.165) is 49.4 Å². The summed E-state index contributed by atoms with van der Waals surface area (Å²) in [6, 6.07) is 17.4. The summed E-state index contributed by atoms with van der Waals surface area (Å²) in [5.74, 6) is 0.501. The summed E-state index contributed by atoms with van der Waals surface area (Å²) in [6.45, 7) is 6.72. The van der Waals surface area contributed by atoms with Crippen LogP contribution in [0.1, 0.15) is 34.2 Å². The van der Waals surface area contributed by atoms with Crippen molar-refractivity contribution in [3.05, 3.63) is 103 Å². The van der Waals surface area contributed by atoms with Gasteiger partial charge in [0.15, 0.2) is 5.69 Å². The van der Waals surface area contributed by atoms with E-state index in [2.05, 4.69) is 18.0 Å². The van der Waals surface area contributed by atoms with Crippen LogP contribution in [-0.2, 0) is 13.2 Å². The molecule has 0 bridgehead atoms. The molecular weight excluding hydrogens is 511 g/mol.